The summed E-state index contributed by atoms with van der Waals surface area (Å²) < 4.78 is 5.94. The van der Waals surface area contributed by atoms with Crippen LogP contribution < -0.4 is 0 Å². The van der Waals surface area contributed by atoms with Crippen LogP contribution in [0.25, 0.3) is 0 Å². The summed E-state index contributed by atoms with van der Waals surface area (Å²) in [5, 5.41) is 0. The van der Waals surface area contributed by atoms with Crippen molar-refractivity contribution in [2.75, 3.05) is 39.9 Å². The topological polar surface area (TPSA) is 58.6 Å². The van der Waals surface area contributed by atoms with Gasteiger partial charge in [-0.3, -0.25) is 4.79 Å². The molecule has 6 nitrogen and oxygen atoms in total. The second-order valence-electron chi connectivity index (χ2n) is 8.14. The first kappa shape index (κ1) is 16.9. The molecule has 0 radical (unpaired) electrons. The van der Waals surface area contributed by atoms with Crippen LogP contribution in [0.3, 0.4) is 0 Å². The number of ether oxygens (including phenoxy) is 1. The van der Waals surface area contributed by atoms with Crippen LogP contribution in [0.2, 0.25) is 0 Å². The monoisotopic (exact) mass is 344 g/mol. The lowest BCUT2D eigenvalue weighted by molar-refractivity contribution is 0.0582. The molecule has 2 saturated heterocycles. The van der Waals surface area contributed by atoms with Crippen LogP contribution in [-0.4, -0.2) is 71.6 Å². The molecule has 1 aliphatic carbocycles. The lowest BCUT2D eigenvalue weighted by Gasteiger charge is -2.39. The van der Waals surface area contributed by atoms with Crippen LogP contribution in [0, 0.1) is 11.3 Å². The van der Waals surface area contributed by atoms with Crippen LogP contribution in [0.4, 0.5) is 0 Å². The Labute approximate surface area is 149 Å². The summed E-state index contributed by atoms with van der Waals surface area (Å²) in [6.45, 7) is 4.58. The predicted molar refractivity (Wildman–Crippen MR) is 94.2 cm³/mol. The standard InChI is InChI=1S/C19H28N4O2/c1-22-13-19(10-16(22)12-25-11-15-2-3-15)5-8-23(9-6-19)18(24)17-4-7-20-14-21-17/h4,7,14-16H,2-3,5-6,8-13H2,1H3. The number of likely N-dealkylation sites (tertiary alicyclic amines) is 2. The molecule has 3 fully saturated rings. The number of hydrogen-bond donors (Lipinski definition) is 0. The van der Waals surface area contributed by atoms with E-state index in [1.807, 2.05) is 4.90 Å². The maximum atomic E-state index is 12.5. The zero-order chi connectivity index (χ0) is 17.3. The van der Waals surface area contributed by atoms with Crippen molar-refractivity contribution in [2.45, 2.75) is 38.1 Å². The number of piperidine rings is 1. The van der Waals surface area contributed by atoms with E-state index in [2.05, 4.69) is 21.9 Å². The quantitative estimate of drug-likeness (QED) is 0.816. The molecule has 1 amide bonds. The minimum Gasteiger partial charge on any atom is -0.380 e. The second-order valence-corrected chi connectivity index (χ2v) is 8.14. The van der Waals surface area contributed by atoms with Gasteiger partial charge in [-0.1, -0.05) is 0 Å². The number of nitrogens with zero attached hydrogens (tertiary/aromatic N) is 4. The first-order chi connectivity index (χ1) is 12.2. The van der Waals surface area contributed by atoms with E-state index < -0.39 is 0 Å². The van der Waals surface area contributed by atoms with E-state index in [-0.39, 0.29) is 5.91 Å². The fourth-order valence-corrected chi connectivity index (χ4v) is 4.35. The van der Waals surface area contributed by atoms with Crippen molar-refractivity contribution < 1.29 is 9.53 Å². The molecule has 3 aliphatic rings. The highest BCUT2D eigenvalue weighted by Gasteiger charge is 2.45. The summed E-state index contributed by atoms with van der Waals surface area (Å²) in [7, 11) is 2.22. The Hall–Kier alpha value is -1.53. The number of amides is 1. The van der Waals surface area contributed by atoms with Gasteiger partial charge in [0, 0.05) is 38.5 Å². The zero-order valence-electron chi connectivity index (χ0n) is 15.1. The lowest BCUT2D eigenvalue weighted by atomic mass is 9.76. The second kappa shape index (κ2) is 7.00. The van der Waals surface area contributed by atoms with E-state index in [9.17, 15) is 4.79 Å². The highest BCUT2D eigenvalue weighted by Crippen LogP contribution is 2.43. The molecule has 4 rings (SSSR count). The zero-order valence-corrected chi connectivity index (χ0v) is 15.1. The van der Waals surface area contributed by atoms with Gasteiger partial charge in [-0.05, 0) is 56.6 Å². The van der Waals surface area contributed by atoms with Crippen molar-refractivity contribution in [3.05, 3.63) is 24.3 Å². The first-order valence-electron chi connectivity index (χ1n) is 9.48. The largest absolute Gasteiger partial charge is 0.380 e. The molecular weight excluding hydrogens is 316 g/mol. The number of aromatic nitrogens is 2. The van der Waals surface area contributed by atoms with E-state index in [4.69, 9.17) is 4.74 Å². The van der Waals surface area contributed by atoms with E-state index in [0.29, 0.717) is 17.2 Å². The van der Waals surface area contributed by atoms with Crippen LogP contribution in [0.5, 0.6) is 0 Å². The highest BCUT2D eigenvalue weighted by molar-refractivity contribution is 5.92. The highest BCUT2D eigenvalue weighted by atomic mass is 16.5. The number of rotatable bonds is 5. The van der Waals surface area contributed by atoms with Gasteiger partial charge in [-0.15, -0.1) is 0 Å². The summed E-state index contributed by atoms with van der Waals surface area (Å²) in [5.74, 6) is 0.865. The smallest absolute Gasteiger partial charge is 0.272 e. The molecule has 2 aliphatic heterocycles. The molecule has 1 aromatic heterocycles. The molecule has 6 heteroatoms. The van der Waals surface area contributed by atoms with Gasteiger partial charge >= 0.3 is 0 Å². The maximum Gasteiger partial charge on any atom is 0.272 e. The number of carbonyl (C=O) groups is 1. The van der Waals surface area contributed by atoms with E-state index in [1.165, 1.54) is 25.6 Å². The SMILES string of the molecule is CN1CC2(CCN(C(=O)c3ccncn3)CC2)CC1COCC1CC1. The van der Waals surface area contributed by atoms with Crippen molar-refractivity contribution >= 4 is 5.91 Å². The van der Waals surface area contributed by atoms with E-state index in [0.717, 1.165) is 51.6 Å². The summed E-state index contributed by atoms with van der Waals surface area (Å²) in [6.07, 6.45) is 9.12. The van der Waals surface area contributed by atoms with E-state index in [1.54, 1.807) is 12.3 Å². The summed E-state index contributed by atoms with van der Waals surface area (Å²) >= 11 is 0. The minimum absolute atomic E-state index is 0.0351. The molecule has 25 heavy (non-hydrogen) atoms. The van der Waals surface area contributed by atoms with Gasteiger partial charge < -0.3 is 14.5 Å². The van der Waals surface area contributed by atoms with Gasteiger partial charge in [0.25, 0.3) is 5.91 Å². The molecule has 1 spiro atoms. The Morgan fingerprint density at radius 1 is 1.32 bits per heavy atom. The summed E-state index contributed by atoms with van der Waals surface area (Å²) in [6, 6.07) is 2.23. The fourth-order valence-electron chi connectivity index (χ4n) is 4.35. The van der Waals surface area contributed by atoms with Crippen LogP contribution in [0.1, 0.15) is 42.6 Å². The number of hydrogen-bond acceptors (Lipinski definition) is 5. The molecule has 1 aromatic rings. The molecular formula is C19H28N4O2. The molecule has 1 unspecified atom stereocenters. The normalized spacial score (nSPS) is 26.3. The van der Waals surface area contributed by atoms with Gasteiger partial charge in [0.1, 0.15) is 12.0 Å². The summed E-state index contributed by atoms with van der Waals surface area (Å²) in [4.78, 5) is 24.9. The molecule has 0 bridgehead atoms. The Kier molecular flexibility index (Phi) is 4.73. The summed E-state index contributed by atoms with van der Waals surface area (Å²) in [5.41, 5.74) is 0.853. The fraction of sp³-hybridized carbons (Fsp3) is 0.737. The van der Waals surface area contributed by atoms with E-state index >= 15 is 0 Å². The Balaban J connectivity index is 1.29. The molecule has 0 aromatic carbocycles. The molecule has 1 atom stereocenters. The third-order valence-corrected chi connectivity index (χ3v) is 6.15. The molecule has 3 heterocycles. The van der Waals surface area contributed by atoms with Crippen molar-refractivity contribution in [2.24, 2.45) is 11.3 Å². The van der Waals surface area contributed by atoms with Gasteiger partial charge in [0.2, 0.25) is 0 Å². The van der Waals surface area contributed by atoms with Gasteiger partial charge in [0.05, 0.1) is 6.61 Å². The van der Waals surface area contributed by atoms with Gasteiger partial charge in [0.15, 0.2) is 0 Å². The van der Waals surface area contributed by atoms with Crippen molar-refractivity contribution in [3.63, 3.8) is 0 Å². The maximum absolute atomic E-state index is 12.5. The molecule has 1 saturated carbocycles. The lowest BCUT2D eigenvalue weighted by Crippen LogP contribution is -2.44. The molecule has 136 valence electrons. The van der Waals surface area contributed by atoms with Crippen molar-refractivity contribution in [1.82, 2.24) is 19.8 Å². The predicted octanol–water partition coefficient (Wildman–Crippen LogP) is 1.83. The van der Waals surface area contributed by atoms with Crippen molar-refractivity contribution in [1.29, 1.82) is 0 Å². The Morgan fingerprint density at radius 3 is 2.80 bits per heavy atom. The average Bonchev–Trinajstić information content (AvgIpc) is 3.41. The third-order valence-electron chi connectivity index (χ3n) is 6.15. The first-order valence-corrected chi connectivity index (χ1v) is 9.48. The average molecular weight is 344 g/mol. The Bertz CT molecular complexity index is 597. The van der Waals surface area contributed by atoms with Gasteiger partial charge in [-0.2, -0.15) is 0 Å². The van der Waals surface area contributed by atoms with Crippen LogP contribution >= 0.6 is 0 Å². The van der Waals surface area contributed by atoms with Crippen LogP contribution in [-0.2, 0) is 4.74 Å². The number of likely N-dealkylation sites (N-methyl/N-ethyl adjacent to an activating group) is 1. The minimum atomic E-state index is 0.0351. The molecule has 0 N–H and O–H groups in total. The Morgan fingerprint density at radius 2 is 2.12 bits per heavy atom. The van der Waals surface area contributed by atoms with Gasteiger partial charge in [-0.25, -0.2) is 9.97 Å². The van der Waals surface area contributed by atoms with Crippen LogP contribution in [0.15, 0.2) is 18.6 Å². The number of carbonyl (C=O) groups excluding carboxylic acids is 1. The van der Waals surface area contributed by atoms with Crippen molar-refractivity contribution in [3.8, 4) is 0 Å². The third kappa shape index (κ3) is 3.85.